The number of amides is 2. The fraction of sp³-hybridized carbons (Fsp3) is 0.158. The van der Waals surface area contributed by atoms with E-state index in [2.05, 4.69) is 20.7 Å². The van der Waals surface area contributed by atoms with Crippen molar-refractivity contribution in [2.75, 3.05) is 26.1 Å². The zero-order valence-electron chi connectivity index (χ0n) is 15.8. The Labute approximate surface area is 166 Å². The summed E-state index contributed by atoms with van der Waals surface area (Å²) in [7, 11) is 3.03. The number of nitrogens with one attached hydrogen (secondary N) is 2. The van der Waals surface area contributed by atoms with Gasteiger partial charge < -0.3 is 25.3 Å². The van der Waals surface area contributed by atoms with Crippen molar-refractivity contribution in [3.63, 3.8) is 0 Å². The summed E-state index contributed by atoms with van der Waals surface area (Å²) in [6.45, 7) is -0.224. The number of anilines is 1. The maximum atomic E-state index is 12.1. The van der Waals surface area contributed by atoms with Gasteiger partial charge in [-0.15, -0.1) is 0 Å². The largest absolute Gasteiger partial charge is 0.497 e. The molecule has 0 unspecified atom stereocenters. The Kier molecular flexibility index (Phi) is 5.93. The number of H-pyrrole nitrogens is 1. The van der Waals surface area contributed by atoms with Crippen molar-refractivity contribution in [3.8, 4) is 28.5 Å². The van der Waals surface area contributed by atoms with Crippen molar-refractivity contribution >= 4 is 17.5 Å². The van der Waals surface area contributed by atoms with Crippen LogP contribution in [-0.4, -0.2) is 48.1 Å². The van der Waals surface area contributed by atoms with E-state index in [4.69, 9.17) is 19.9 Å². The van der Waals surface area contributed by atoms with Crippen LogP contribution in [0.1, 0.15) is 10.5 Å². The second kappa shape index (κ2) is 8.74. The topological polar surface area (TPSA) is 141 Å². The minimum Gasteiger partial charge on any atom is -0.497 e. The quantitative estimate of drug-likeness (QED) is 0.524. The van der Waals surface area contributed by atoms with E-state index >= 15 is 0 Å². The number of aromatic amines is 1. The van der Waals surface area contributed by atoms with Crippen LogP contribution in [-0.2, 0) is 4.79 Å². The van der Waals surface area contributed by atoms with Crippen LogP contribution in [0, 0.1) is 0 Å². The molecule has 0 aliphatic rings. The number of hydrogen-bond donors (Lipinski definition) is 3. The van der Waals surface area contributed by atoms with Gasteiger partial charge in [-0.25, -0.2) is 0 Å². The normalized spacial score (nSPS) is 10.3. The molecule has 150 valence electrons. The number of methoxy groups -OCH3 is 2. The molecular formula is C19H19N5O5. The predicted octanol–water partition coefficient (Wildman–Crippen LogP) is 1.61. The summed E-state index contributed by atoms with van der Waals surface area (Å²) in [5.41, 5.74) is 6.77. The van der Waals surface area contributed by atoms with E-state index in [-0.39, 0.29) is 18.2 Å². The molecular weight excluding hydrogens is 378 g/mol. The van der Waals surface area contributed by atoms with E-state index < -0.39 is 5.91 Å². The molecule has 2 aromatic carbocycles. The van der Waals surface area contributed by atoms with Gasteiger partial charge in [-0.1, -0.05) is 0 Å². The van der Waals surface area contributed by atoms with Crippen LogP contribution in [0.5, 0.6) is 17.2 Å². The highest BCUT2D eigenvalue weighted by molar-refractivity contribution is 5.96. The van der Waals surface area contributed by atoms with Gasteiger partial charge in [0, 0.05) is 11.3 Å². The molecule has 1 heterocycles. The molecule has 29 heavy (non-hydrogen) atoms. The maximum absolute atomic E-state index is 12.1. The zero-order valence-corrected chi connectivity index (χ0v) is 15.8. The number of ether oxygens (including phenoxy) is 3. The van der Waals surface area contributed by atoms with Crippen molar-refractivity contribution < 1.29 is 23.8 Å². The third kappa shape index (κ3) is 4.61. The summed E-state index contributed by atoms with van der Waals surface area (Å²) < 4.78 is 15.9. The standard InChI is InChI=1S/C19H19N5O5/c1-27-13-6-4-12(5-7-13)21-16(25)10-29-14-8-3-11(9-15(14)28-2)17-18(19(20)26)23-24-22-17/h3-9H,10H2,1-2H3,(H2,20,26)(H,21,25)(H,22,23,24). The molecule has 10 nitrogen and oxygen atoms in total. The van der Waals surface area contributed by atoms with Crippen LogP contribution >= 0.6 is 0 Å². The number of rotatable bonds is 8. The number of nitrogens with two attached hydrogens (primary N) is 1. The Hall–Kier alpha value is -4.08. The lowest BCUT2D eigenvalue weighted by molar-refractivity contribution is -0.118. The fourth-order valence-electron chi connectivity index (χ4n) is 2.55. The summed E-state index contributed by atoms with van der Waals surface area (Å²) in [6.07, 6.45) is 0. The van der Waals surface area contributed by atoms with E-state index in [1.54, 1.807) is 49.6 Å². The molecule has 0 saturated heterocycles. The minimum atomic E-state index is -0.705. The molecule has 0 fully saturated rings. The number of primary amides is 1. The molecule has 0 radical (unpaired) electrons. The van der Waals surface area contributed by atoms with Gasteiger partial charge in [-0.3, -0.25) is 9.59 Å². The lowest BCUT2D eigenvalue weighted by atomic mass is 10.1. The van der Waals surface area contributed by atoms with Gasteiger partial charge in [0.05, 0.1) is 14.2 Å². The van der Waals surface area contributed by atoms with Gasteiger partial charge >= 0.3 is 0 Å². The van der Waals surface area contributed by atoms with Crippen molar-refractivity contribution in [1.82, 2.24) is 15.4 Å². The monoisotopic (exact) mass is 397 g/mol. The summed E-state index contributed by atoms with van der Waals surface area (Å²) in [5.74, 6) is 0.358. The van der Waals surface area contributed by atoms with Crippen LogP contribution < -0.4 is 25.3 Å². The lowest BCUT2D eigenvalue weighted by Gasteiger charge is -2.12. The van der Waals surface area contributed by atoms with Gasteiger partial charge in [-0.05, 0) is 42.5 Å². The number of carbonyl (C=O) groups excluding carboxylic acids is 2. The van der Waals surface area contributed by atoms with Crippen molar-refractivity contribution in [3.05, 3.63) is 48.2 Å². The first-order chi connectivity index (χ1) is 14.0. The Morgan fingerprint density at radius 2 is 1.79 bits per heavy atom. The van der Waals surface area contributed by atoms with E-state index in [0.717, 1.165) is 0 Å². The van der Waals surface area contributed by atoms with Gasteiger partial charge in [0.15, 0.2) is 23.8 Å². The van der Waals surface area contributed by atoms with E-state index in [1.807, 2.05) is 0 Å². The highest BCUT2D eigenvalue weighted by atomic mass is 16.5. The van der Waals surface area contributed by atoms with Crippen LogP contribution in [0.25, 0.3) is 11.3 Å². The molecule has 0 bridgehead atoms. The van der Waals surface area contributed by atoms with Crippen LogP contribution in [0.4, 0.5) is 5.69 Å². The zero-order chi connectivity index (χ0) is 20.8. The van der Waals surface area contributed by atoms with Crippen LogP contribution in [0.2, 0.25) is 0 Å². The molecule has 4 N–H and O–H groups in total. The second-order valence-corrected chi connectivity index (χ2v) is 5.82. The molecule has 0 aliphatic carbocycles. The van der Waals surface area contributed by atoms with Crippen LogP contribution in [0.15, 0.2) is 42.5 Å². The number of nitrogens with zero attached hydrogens (tertiary/aromatic N) is 2. The van der Waals surface area contributed by atoms with E-state index in [0.29, 0.717) is 34.2 Å². The van der Waals surface area contributed by atoms with Crippen LogP contribution in [0.3, 0.4) is 0 Å². The molecule has 3 aromatic rings. The average molecular weight is 397 g/mol. The average Bonchev–Trinajstić information content (AvgIpc) is 3.23. The Morgan fingerprint density at radius 1 is 1.03 bits per heavy atom. The highest BCUT2D eigenvalue weighted by Gasteiger charge is 2.17. The van der Waals surface area contributed by atoms with Crippen molar-refractivity contribution in [2.45, 2.75) is 0 Å². The molecule has 0 atom stereocenters. The van der Waals surface area contributed by atoms with Crippen molar-refractivity contribution in [1.29, 1.82) is 0 Å². The Morgan fingerprint density at radius 3 is 2.45 bits per heavy atom. The number of carbonyl (C=O) groups is 2. The highest BCUT2D eigenvalue weighted by Crippen LogP contribution is 2.32. The Balaban J connectivity index is 1.68. The predicted molar refractivity (Wildman–Crippen MR) is 104 cm³/mol. The lowest BCUT2D eigenvalue weighted by Crippen LogP contribution is -2.20. The second-order valence-electron chi connectivity index (χ2n) is 5.82. The SMILES string of the molecule is COc1ccc(NC(=O)COc2ccc(-c3n[nH]nc3C(N)=O)cc2OC)cc1. The third-order valence-electron chi connectivity index (χ3n) is 3.95. The molecule has 0 aliphatic heterocycles. The van der Waals surface area contributed by atoms with E-state index in [1.165, 1.54) is 7.11 Å². The van der Waals surface area contributed by atoms with Crippen molar-refractivity contribution in [2.24, 2.45) is 5.73 Å². The maximum Gasteiger partial charge on any atom is 0.271 e. The number of aromatic nitrogens is 3. The molecule has 3 rings (SSSR count). The summed E-state index contributed by atoms with van der Waals surface area (Å²) >= 11 is 0. The fourth-order valence-corrected chi connectivity index (χ4v) is 2.55. The molecule has 0 spiro atoms. The van der Waals surface area contributed by atoms with Gasteiger partial charge in [0.25, 0.3) is 11.8 Å². The molecule has 2 amide bonds. The first-order valence-corrected chi connectivity index (χ1v) is 8.47. The smallest absolute Gasteiger partial charge is 0.271 e. The van der Waals surface area contributed by atoms with E-state index in [9.17, 15) is 9.59 Å². The Bertz CT molecular complexity index is 1020. The van der Waals surface area contributed by atoms with Gasteiger partial charge in [-0.2, -0.15) is 15.4 Å². The molecule has 10 heteroatoms. The molecule has 0 saturated carbocycles. The summed E-state index contributed by atoms with van der Waals surface area (Å²) in [5, 5.41) is 12.8. The summed E-state index contributed by atoms with van der Waals surface area (Å²) in [6, 6.07) is 11.8. The minimum absolute atomic E-state index is 0.0135. The third-order valence-corrected chi connectivity index (χ3v) is 3.95. The van der Waals surface area contributed by atoms with Gasteiger partial charge in [0.2, 0.25) is 0 Å². The first kappa shape index (κ1) is 19.7. The number of benzene rings is 2. The number of hydrogen-bond acceptors (Lipinski definition) is 7. The molecule has 1 aromatic heterocycles. The first-order valence-electron chi connectivity index (χ1n) is 8.47. The summed E-state index contributed by atoms with van der Waals surface area (Å²) in [4.78, 5) is 23.6. The van der Waals surface area contributed by atoms with Gasteiger partial charge in [0.1, 0.15) is 11.4 Å².